The van der Waals surface area contributed by atoms with E-state index in [-0.39, 0.29) is 6.54 Å². The highest BCUT2D eigenvalue weighted by atomic mass is 32.2. The van der Waals surface area contributed by atoms with Crippen molar-refractivity contribution in [3.63, 3.8) is 0 Å². The van der Waals surface area contributed by atoms with Gasteiger partial charge in [-0.15, -0.1) is 0 Å². The molecule has 0 aliphatic carbocycles. The summed E-state index contributed by atoms with van der Waals surface area (Å²) in [6, 6.07) is -0.536. The first-order chi connectivity index (χ1) is 5.77. The molecule has 78 valence electrons. The molecule has 1 aliphatic heterocycles. The molecule has 1 fully saturated rings. The van der Waals surface area contributed by atoms with Crippen LogP contribution in [0.1, 0.15) is 19.8 Å². The maximum Gasteiger partial charge on any atom is 0.511 e. The summed E-state index contributed by atoms with van der Waals surface area (Å²) in [6.07, 6.45) is 0.992. The molecule has 1 heterocycles. The second-order valence-corrected chi connectivity index (χ2v) is 4.93. The van der Waals surface area contributed by atoms with Crippen LogP contribution in [-0.4, -0.2) is 30.8 Å². The van der Waals surface area contributed by atoms with Crippen LogP contribution < -0.4 is 0 Å². The quantitative estimate of drug-likeness (QED) is 0.664. The normalized spacial score (nSPS) is 26.6. The van der Waals surface area contributed by atoms with E-state index in [0.29, 0.717) is 17.1 Å². The average molecular weight is 217 g/mol. The van der Waals surface area contributed by atoms with E-state index in [0.717, 1.165) is 0 Å². The first kappa shape index (κ1) is 10.8. The number of nitrogens with zero attached hydrogens (tertiary/aromatic N) is 1. The van der Waals surface area contributed by atoms with Crippen LogP contribution in [0.25, 0.3) is 0 Å². The van der Waals surface area contributed by atoms with Gasteiger partial charge in [-0.3, -0.25) is 0 Å². The lowest BCUT2D eigenvalue weighted by molar-refractivity contribution is -0.0491. The number of hydrogen-bond acceptors (Lipinski definition) is 2. The van der Waals surface area contributed by atoms with E-state index in [1.807, 2.05) is 0 Å². The van der Waals surface area contributed by atoms with Crippen LogP contribution in [0.2, 0.25) is 0 Å². The SMILES string of the molecule is CC1CCCN1S(=O)(=O)C(F)(F)F. The van der Waals surface area contributed by atoms with E-state index < -0.39 is 21.6 Å². The number of hydrogen-bond donors (Lipinski definition) is 0. The molecule has 0 N–H and O–H groups in total. The van der Waals surface area contributed by atoms with E-state index in [4.69, 9.17) is 0 Å². The van der Waals surface area contributed by atoms with Gasteiger partial charge in [0.25, 0.3) is 0 Å². The first-order valence-electron chi connectivity index (χ1n) is 3.85. The van der Waals surface area contributed by atoms with Crippen molar-refractivity contribution in [3.05, 3.63) is 0 Å². The molecule has 0 amide bonds. The van der Waals surface area contributed by atoms with E-state index in [2.05, 4.69) is 0 Å². The molecule has 13 heavy (non-hydrogen) atoms. The smallest absolute Gasteiger partial charge is 0.203 e. The third-order valence-corrected chi connectivity index (χ3v) is 3.84. The fourth-order valence-corrected chi connectivity index (χ4v) is 2.61. The second-order valence-electron chi connectivity index (χ2n) is 3.05. The van der Waals surface area contributed by atoms with E-state index >= 15 is 0 Å². The van der Waals surface area contributed by atoms with E-state index in [9.17, 15) is 21.6 Å². The Kier molecular flexibility index (Phi) is 2.59. The zero-order chi connectivity index (χ0) is 10.3. The molecule has 0 bridgehead atoms. The summed E-state index contributed by atoms with van der Waals surface area (Å²) in [7, 11) is -5.09. The maximum atomic E-state index is 12.0. The van der Waals surface area contributed by atoms with Crippen LogP contribution in [0.4, 0.5) is 13.2 Å². The molecule has 0 aromatic carbocycles. The summed E-state index contributed by atoms with van der Waals surface area (Å²) < 4.78 is 58.3. The van der Waals surface area contributed by atoms with Gasteiger partial charge in [0.1, 0.15) is 0 Å². The predicted molar refractivity (Wildman–Crippen MR) is 40.4 cm³/mol. The summed E-state index contributed by atoms with van der Waals surface area (Å²) in [5.41, 5.74) is -5.16. The number of rotatable bonds is 1. The lowest BCUT2D eigenvalue weighted by atomic mass is 10.3. The van der Waals surface area contributed by atoms with Crippen molar-refractivity contribution in [1.82, 2.24) is 4.31 Å². The fraction of sp³-hybridized carbons (Fsp3) is 1.00. The molecule has 0 aromatic rings. The van der Waals surface area contributed by atoms with Gasteiger partial charge in [0.05, 0.1) is 0 Å². The number of halogens is 3. The topological polar surface area (TPSA) is 37.4 Å². The minimum absolute atomic E-state index is 0.0248. The highest BCUT2D eigenvalue weighted by Crippen LogP contribution is 2.31. The van der Waals surface area contributed by atoms with Crippen molar-refractivity contribution < 1.29 is 21.6 Å². The summed E-state index contributed by atoms with van der Waals surface area (Å²) in [6.45, 7) is 1.46. The third kappa shape index (κ3) is 1.80. The minimum atomic E-state index is -5.16. The largest absolute Gasteiger partial charge is 0.511 e. The van der Waals surface area contributed by atoms with Gasteiger partial charge in [-0.1, -0.05) is 0 Å². The molecule has 1 saturated heterocycles. The lowest BCUT2D eigenvalue weighted by Gasteiger charge is -2.21. The zero-order valence-corrected chi connectivity index (χ0v) is 7.82. The highest BCUT2D eigenvalue weighted by Gasteiger charge is 2.52. The Balaban J connectivity index is 2.94. The van der Waals surface area contributed by atoms with Crippen LogP contribution in [0.3, 0.4) is 0 Å². The average Bonchev–Trinajstić information content (AvgIpc) is 2.32. The fourth-order valence-electron chi connectivity index (χ4n) is 1.40. The van der Waals surface area contributed by atoms with Crippen molar-refractivity contribution in [2.24, 2.45) is 0 Å². The Morgan fingerprint density at radius 2 is 1.92 bits per heavy atom. The molecule has 1 aliphatic rings. The Morgan fingerprint density at radius 1 is 1.38 bits per heavy atom. The Labute approximate surface area is 74.6 Å². The Bertz CT molecular complexity index is 285. The van der Waals surface area contributed by atoms with Gasteiger partial charge in [0.2, 0.25) is 0 Å². The monoisotopic (exact) mass is 217 g/mol. The van der Waals surface area contributed by atoms with Crippen LogP contribution in [0.5, 0.6) is 0 Å². The molecule has 0 radical (unpaired) electrons. The first-order valence-corrected chi connectivity index (χ1v) is 5.29. The Morgan fingerprint density at radius 3 is 2.23 bits per heavy atom. The van der Waals surface area contributed by atoms with E-state index in [1.54, 1.807) is 0 Å². The summed E-state index contributed by atoms with van der Waals surface area (Å²) in [5.74, 6) is 0. The van der Waals surface area contributed by atoms with Crippen molar-refractivity contribution in [2.75, 3.05) is 6.54 Å². The second kappa shape index (κ2) is 3.13. The Hall–Kier alpha value is -0.300. The molecule has 0 saturated carbocycles. The van der Waals surface area contributed by atoms with E-state index in [1.165, 1.54) is 6.92 Å². The lowest BCUT2D eigenvalue weighted by Crippen LogP contribution is -2.42. The molecular weight excluding hydrogens is 207 g/mol. The molecule has 3 nitrogen and oxygen atoms in total. The number of sulfonamides is 1. The van der Waals surface area contributed by atoms with Gasteiger partial charge in [0, 0.05) is 12.6 Å². The van der Waals surface area contributed by atoms with Gasteiger partial charge in [-0.05, 0) is 19.8 Å². The van der Waals surface area contributed by atoms with Crippen molar-refractivity contribution >= 4 is 10.0 Å². The molecule has 0 aromatic heterocycles. The van der Waals surface area contributed by atoms with Gasteiger partial charge in [-0.25, -0.2) is 8.42 Å². The molecule has 7 heteroatoms. The molecule has 0 spiro atoms. The predicted octanol–water partition coefficient (Wildman–Crippen LogP) is 1.32. The number of alkyl halides is 3. The molecule has 1 atom stereocenters. The standard InChI is InChI=1S/C6H10F3NO2S/c1-5-3-2-4-10(5)13(11,12)6(7,8)9/h5H,2-4H2,1H3. The minimum Gasteiger partial charge on any atom is -0.203 e. The summed E-state index contributed by atoms with van der Waals surface area (Å²) >= 11 is 0. The van der Waals surface area contributed by atoms with Gasteiger partial charge in [0.15, 0.2) is 0 Å². The van der Waals surface area contributed by atoms with Crippen LogP contribution in [0, 0.1) is 0 Å². The van der Waals surface area contributed by atoms with Crippen LogP contribution in [-0.2, 0) is 10.0 Å². The highest BCUT2D eigenvalue weighted by molar-refractivity contribution is 7.90. The van der Waals surface area contributed by atoms with Gasteiger partial charge >= 0.3 is 15.5 Å². The molecule has 1 rings (SSSR count). The third-order valence-electron chi connectivity index (χ3n) is 2.09. The molecular formula is C6H10F3NO2S. The van der Waals surface area contributed by atoms with Crippen molar-refractivity contribution in [3.8, 4) is 0 Å². The van der Waals surface area contributed by atoms with Crippen LogP contribution >= 0.6 is 0 Å². The zero-order valence-electron chi connectivity index (χ0n) is 7.00. The summed E-state index contributed by atoms with van der Waals surface area (Å²) in [4.78, 5) is 0. The molecule has 1 unspecified atom stereocenters. The van der Waals surface area contributed by atoms with Gasteiger partial charge in [-0.2, -0.15) is 17.5 Å². The van der Waals surface area contributed by atoms with Gasteiger partial charge < -0.3 is 0 Å². The maximum absolute atomic E-state index is 12.0. The van der Waals surface area contributed by atoms with Crippen molar-refractivity contribution in [1.29, 1.82) is 0 Å². The van der Waals surface area contributed by atoms with Crippen molar-refractivity contribution in [2.45, 2.75) is 31.3 Å². The summed E-state index contributed by atoms with van der Waals surface area (Å²) in [5, 5.41) is 0. The van der Waals surface area contributed by atoms with Crippen LogP contribution in [0.15, 0.2) is 0 Å².